The van der Waals surface area contributed by atoms with Crippen LogP contribution in [0.2, 0.25) is 0 Å². The van der Waals surface area contributed by atoms with Crippen molar-refractivity contribution in [3.8, 4) is 6.07 Å². The molecule has 0 aromatic rings. The van der Waals surface area contributed by atoms with Gasteiger partial charge in [0.1, 0.15) is 0 Å². The molecule has 0 heterocycles. The highest BCUT2D eigenvalue weighted by Crippen LogP contribution is 2.08. The number of nitrogens with zero attached hydrogens (tertiary/aromatic N) is 1. The standard InChI is InChI=1S/C6H8N2OS/c1-4(9)5(3-7)6(8)10-2/h5,8H,1-2H3. The number of ketones is 1. The van der Waals surface area contributed by atoms with Gasteiger partial charge in [-0.1, -0.05) is 0 Å². The lowest BCUT2D eigenvalue weighted by Gasteiger charge is -2.01. The molecule has 0 amide bonds. The molecule has 0 aromatic carbocycles. The number of thioether (sulfide) groups is 1. The van der Waals surface area contributed by atoms with E-state index in [2.05, 4.69) is 0 Å². The van der Waals surface area contributed by atoms with Gasteiger partial charge >= 0.3 is 0 Å². The molecule has 3 nitrogen and oxygen atoms in total. The molecular formula is C6H8N2OS. The number of rotatable bonds is 2. The molecule has 1 atom stereocenters. The van der Waals surface area contributed by atoms with E-state index in [0.29, 0.717) is 0 Å². The Balaban J connectivity index is 4.25. The molecular weight excluding hydrogens is 148 g/mol. The Morgan fingerprint density at radius 3 is 2.40 bits per heavy atom. The maximum absolute atomic E-state index is 10.6. The number of nitrogens with one attached hydrogen (secondary N) is 1. The summed E-state index contributed by atoms with van der Waals surface area (Å²) in [5.41, 5.74) is 0. The molecule has 0 saturated heterocycles. The van der Waals surface area contributed by atoms with Crippen molar-refractivity contribution in [3.05, 3.63) is 0 Å². The van der Waals surface area contributed by atoms with E-state index in [1.165, 1.54) is 6.92 Å². The van der Waals surface area contributed by atoms with Crippen molar-refractivity contribution in [2.45, 2.75) is 6.92 Å². The van der Waals surface area contributed by atoms with Gasteiger partial charge in [0.15, 0.2) is 11.7 Å². The summed E-state index contributed by atoms with van der Waals surface area (Å²) < 4.78 is 0. The van der Waals surface area contributed by atoms with Crippen LogP contribution in [-0.2, 0) is 4.79 Å². The van der Waals surface area contributed by atoms with E-state index in [-0.39, 0.29) is 10.8 Å². The molecule has 0 aromatic heterocycles. The van der Waals surface area contributed by atoms with Gasteiger partial charge in [0.2, 0.25) is 0 Å². The summed E-state index contributed by atoms with van der Waals surface area (Å²) in [5, 5.41) is 15.6. The molecule has 1 N–H and O–H groups in total. The number of carbonyl (C=O) groups is 1. The summed E-state index contributed by atoms with van der Waals surface area (Å²) in [7, 11) is 0. The van der Waals surface area contributed by atoms with Crippen LogP contribution in [0.5, 0.6) is 0 Å². The lowest BCUT2D eigenvalue weighted by molar-refractivity contribution is -0.117. The van der Waals surface area contributed by atoms with Gasteiger partial charge in [-0.05, 0) is 13.2 Å². The third-order valence-electron chi connectivity index (χ3n) is 1.02. The fourth-order valence-electron chi connectivity index (χ4n) is 0.452. The van der Waals surface area contributed by atoms with Gasteiger partial charge in [0, 0.05) is 0 Å². The van der Waals surface area contributed by atoms with Crippen molar-refractivity contribution in [2.75, 3.05) is 6.26 Å². The first-order chi connectivity index (χ1) is 4.63. The fraction of sp³-hybridized carbons (Fsp3) is 0.500. The minimum Gasteiger partial charge on any atom is -0.298 e. The molecule has 10 heavy (non-hydrogen) atoms. The lowest BCUT2D eigenvalue weighted by atomic mass is 10.1. The molecule has 1 unspecified atom stereocenters. The minimum absolute atomic E-state index is 0.120. The molecule has 0 saturated carbocycles. The first-order valence-corrected chi connectivity index (χ1v) is 3.88. The Hall–Kier alpha value is -0.820. The summed E-state index contributed by atoms with van der Waals surface area (Å²) in [4.78, 5) is 10.6. The smallest absolute Gasteiger partial charge is 0.153 e. The van der Waals surface area contributed by atoms with E-state index in [1.807, 2.05) is 0 Å². The van der Waals surface area contributed by atoms with Crippen molar-refractivity contribution in [3.63, 3.8) is 0 Å². The Morgan fingerprint density at radius 2 is 2.30 bits per heavy atom. The Kier molecular flexibility index (Phi) is 3.74. The predicted octanol–water partition coefficient (Wildman–Crippen LogP) is 1.06. The highest BCUT2D eigenvalue weighted by atomic mass is 32.2. The van der Waals surface area contributed by atoms with Crippen LogP contribution in [-0.4, -0.2) is 17.1 Å². The molecule has 0 aliphatic rings. The monoisotopic (exact) mass is 156 g/mol. The zero-order chi connectivity index (χ0) is 8.15. The summed E-state index contributed by atoms with van der Waals surface area (Å²) in [6, 6.07) is 1.76. The topological polar surface area (TPSA) is 64.7 Å². The van der Waals surface area contributed by atoms with E-state index in [4.69, 9.17) is 10.7 Å². The van der Waals surface area contributed by atoms with Crippen LogP contribution in [0.25, 0.3) is 0 Å². The normalized spacial score (nSPS) is 11.7. The second-order valence-corrected chi connectivity index (χ2v) is 2.59. The maximum Gasteiger partial charge on any atom is 0.153 e. The molecule has 0 fully saturated rings. The third-order valence-corrected chi connectivity index (χ3v) is 1.69. The molecule has 0 aliphatic carbocycles. The van der Waals surface area contributed by atoms with Gasteiger partial charge < -0.3 is 0 Å². The molecule has 4 heteroatoms. The number of hydrogen-bond donors (Lipinski definition) is 1. The average Bonchev–Trinajstić information content (AvgIpc) is 1.88. The van der Waals surface area contributed by atoms with Crippen molar-refractivity contribution < 1.29 is 4.79 Å². The van der Waals surface area contributed by atoms with E-state index in [0.717, 1.165) is 11.8 Å². The first kappa shape index (κ1) is 9.18. The number of carbonyl (C=O) groups excluding carboxylic acids is 1. The number of nitriles is 1. The first-order valence-electron chi connectivity index (χ1n) is 2.66. The Labute approximate surface area is 63.9 Å². The SMILES string of the molecule is CSC(=N)C(C#N)C(C)=O. The zero-order valence-electron chi connectivity index (χ0n) is 5.84. The third kappa shape index (κ3) is 2.19. The van der Waals surface area contributed by atoms with Gasteiger partial charge in [-0.15, -0.1) is 11.8 Å². The highest BCUT2D eigenvalue weighted by Gasteiger charge is 2.17. The largest absolute Gasteiger partial charge is 0.298 e. The number of hydrogen-bond acceptors (Lipinski definition) is 4. The highest BCUT2D eigenvalue weighted by molar-refractivity contribution is 8.13. The fourth-order valence-corrected chi connectivity index (χ4v) is 0.906. The quantitative estimate of drug-likeness (QED) is 0.480. The second-order valence-electron chi connectivity index (χ2n) is 1.74. The molecule has 54 valence electrons. The molecule has 0 spiro atoms. The van der Waals surface area contributed by atoms with E-state index in [9.17, 15) is 4.79 Å². The van der Waals surface area contributed by atoms with Gasteiger partial charge in [-0.2, -0.15) is 5.26 Å². The summed E-state index contributed by atoms with van der Waals surface area (Å²) in [5.74, 6) is -1.11. The molecule has 0 rings (SSSR count). The van der Waals surface area contributed by atoms with Crippen LogP contribution in [0, 0.1) is 22.7 Å². The predicted molar refractivity (Wildman–Crippen MR) is 41.0 cm³/mol. The minimum atomic E-state index is -0.852. The lowest BCUT2D eigenvalue weighted by Crippen LogP contribution is -2.16. The van der Waals surface area contributed by atoms with E-state index >= 15 is 0 Å². The van der Waals surface area contributed by atoms with Crippen LogP contribution < -0.4 is 0 Å². The van der Waals surface area contributed by atoms with Gasteiger partial charge in [0.25, 0.3) is 0 Å². The zero-order valence-corrected chi connectivity index (χ0v) is 6.66. The summed E-state index contributed by atoms with van der Waals surface area (Å²) in [6.45, 7) is 1.32. The van der Waals surface area contributed by atoms with Gasteiger partial charge in [-0.3, -0.25) is 10.2 Å². The van der Waals surface area contributed by atoms with E-state index in [1.54, 1.807) is 12.3 Å². The van der Waals surface area contributed by atoms with E-state index < -0.39 is 5.92 Å². The van der Waals surface area contributed by atoms with Crippen molar-refractivity contribution >= 4 is 22.6 Å². The Morgan fingerprint density at radius 1 is 1.80 bits per heavy atom. The van der Waals surface area contributed by atoms with Crippen LogP contribution in [0.4, 0.5) is 0 Å². The van der Waals surface area contributed by atoms with Gasteiger partial charge in [-0.25, -0.2) is 0 Å². The van der Waals surface area contributed by atoms with Crippen molar-refractivity contribution in [1.29, 1.82) is 10.7 Å². The van der Waals surface area contributed by atoms with Crippen LogP contribution in [0.15, 0.2) is 0 Å². The maximum atomic E-state index is 10.6. The van der Waals surface area contributed by atoms with Crippen molar-refractivity contribution in [2.24, 2.45) is 5.92 Å². The number of Topliss-reactive ketones (excluding diaryl/α,β-unsaturated/α-hetero) is 1. The molecule has 0 aliphatic heterocycles. The Bertz CT molecular complexity index is 194. The van der Waals surface area contributed by atoms with Crippen LogP contribution in [0.1, 0.15) is 6.92 Å². The van der Waals surface area contributed by atoms with Crippen molar-refractivity contribution in [1.82, 2.24) is 0 Å². The van der Waals surface area contributed by atoms with Crippen LogP contribution in [0.3, 0.4) is 0 Å². The molecule has 0 radical (unpaired) electrons. The van der Waals surface area contributed by atoms with Gasteiger partial charge in [0.05, 0.1) is 11.1 Å². The average molecular weight is 156 g/mol. The summed E-state index contributed by atoms with van der Waals surface area (Å²) in [6.07, 6.45) is 1.68. The second kappa shape index (κ2) is 4.07. The summed E-state index contributed by atoms with van der Waals surface area (Å²) >= 11 is 1.13. The molecule has 0 bridgehead atoms. The van der Waals surface area contributed by atoms with Crippen LogP contribution >= 0.6 is 11.8 Å².